The largest absolute Gasteiger partial charge is 0.451 e. The molecule has 3 heteroatoms. The van der Waals surface area contributed by atoms with Gasteiger partial charge in [0.2, 0.25) is 0 Å². The molecule has 0 N–H and O–H groups in total. The number of amides is 1. The molecule has 0 aliphatic rings. The number of rotatable bonds is 0. The van der Waals surface area contributed by atoms with Crippen LogP contribution in [0.2, 0.25) is 0 Å². The first-order chi connectivity index (χ1) is 3.31. The molecule has 0 heterocycles. The monoisotopic (exact) mass is 101 g/mol. The van der Waals surface area contributed by atoms with E-state index in [-0.39, 0.29) is 0 Å². The number of aliphatic imine (C=N–C) groups is 1. The minimum Gasteiger partial charge on any atom is -0.451 e. The summed E-state index contributed by atoms with van der Waals surface area (Å²) < 4.78 is 4.15. The lowest BCUT2D eigenvalue weighted by Gasteiger charge is -1.83. The fourth-order valence-electron chi connectivity index (χ4n) is 0.158. The minimum atomic E-state index is -0.553. The number of hydrogen-bond acceptors (Lipinski definition) is 2. The summed E-state index contributed by atoms with van der Waals surface area (Å²) in [5.41, 5.74) is 0. The Balaban J connectivity index is 3.37. The van der Waals surface area contributed by atoms with E-state index in [9.17, 15) is 4.79 Å². The zero-order valence-electron chi connectivity index (χ0n) is 4.34. The molecule has 0 aromatic heterocycles. The molecule has 40 valence electrons. The Bertz CT molecular complexity index is 87.7. The van der Waals surface area contributed by atoms with Crippen LogP contribution in [0.4, 0.5) is 4.79 Å². The first-order valence-corrected chi connectivity index (χ1v) is 1.88. The molecule has 0 aromatic carbocycles. The van der Waals surface area contributed by atoms with Crippen molar-refractivity contribution in [3.05, 3.63) is 0 Å². The van der Waals surface area contributed by atoms with E-state index in [0.29, 0.717) is 0 Å². The van der Waals surface area contributed by atoms with Crippen LogP contribution in [0, 0.1) is 0 Å². The van der Waals surface area contributed by atoms with E-state index < -0.39 is 6.09 Å². The molecule has 0 unspecified atom stereocenters. The van der Waals surface area contributed by atoms with Crippen LogP contribution in [0.15, 0.2) is 4.99 Å². The van der Waals surface area contributed by atoms with Gasteiger partial charge in [-0.1, -0.05) is 0 Å². The molecule has 0 saturated carbocycles. The average Bonchev–Trinajstić information content (AvgIpc) is 1.68. The molecule has 1 amide bonds. The Kier molecular flexibility index (Phi) is 2.92. The van der Waals surface area contributed by atoms with E-state index in [2.05, 4.69) is 9.73 Å². The lowest BCUT2D eigenvalue weighted by Crippen LogP contribution is -1.90. The third kappa shape index (κ3) is 2.96. The van der Waals surface area contributed by atoms with Crippen LogP contribution in [-0.2, 0) is 4.74 Å². The third-order valence-electron chi connectivity index (χ3n) is 0.409. The van der Waals surface area contributed by atoms with E-state index in [0.717, 1.165) is 0 Å². The minimum absolute atomic E-state index is 0.553. The van der Waals surface area contributed by atoms with E-state index in [1.54, 1.807) is 6.92 Å². The third-order valence-corrected chi connectivity index (χ3v) is 0.409. The van der Waals surface area contributed by atoms with E-state index >= 15 is 0 Å². The van der Waals surface area contributed by atoms with Gasteiger partial charge in [-0.2, -0.15) is 4.99 Å². The highest BCUT2D eigenvalue weighted by Crippen LogP contribution is 1.74. The number of methoxy groups -OCH3 is 1. The SMILES string of the molecule is CC=NC(=O)OC. The van der Waals surface area contributed by atoms with Gasteiger partial charge in [0.15, 0.2) is 0 Å². The van der Waals surface area contributed by atoms with Crippen molar-refractivity contribution in [2.24, 2.45) is 4.99 Å². The van der Waals surface area contributed by atoms with Crippen LogP contribution >= 0.6 is 0 Å². The van der Waals surface area contributed by atoms with Gasteiger partial charge in [0.1, 0.15) is 0 Å². The van der Waals surface area contributed by atoms with Crippen LogP contribution < -0.4 is 0 Å². The summed E-state index contributed by atoms with van der Waals surface area (Å²) in [6.45, 7) is 1.65. The number of ether oxygens (including phenoxy) is 1. The number of carbonyl (C=O) groups is 1. The highest BCUT2D eigenvalue weighted by Gasteiger charge is 1.85. The molecular formula is C4H7NO2. The molecule has 0 rings (SSSR count). The van der Waals surface area contributed by atoms with E-state index in [1.807, 2.05) is 0 Å². The van der Waals surface area contributed by atoms with Crippen molar-refractivity contribution >= 4 is 12.3 Å². The summed E-state index contributed by atoms with van der Waals surface area (Å²) >= 11 is 0. The second-order valence-electron chi connectivity index (χ2n) is 0.857. The van der Waals surface area contributed by atoms with Crippen LogP contribution in [-0.4, -0.2) is 19.4 Å². The van der Waals surface area contributed by atoms with Gasteiger partial charge >= 0.3 is 6.09 Å². The van der Waals surface area contributed by atoms with Gasteiger partial charge in [0, 0.05) is 6.21 Å². The highest BCUT2D eigenvalue weighted by atomic mass is 16.5. The maximum Gasteiger partial charge on any atom is 0.432 e. The van der Waals surface area contributed by atoms with Crippen molar-refractivity contribution in [3.63, 3.8) is 0 Å². The first kappa shape index (κ1) is 6.14. The Morgan fingerprint density at radius 3 is 2.57 bits per heavy atom. The van der Waals surface area contributed by atoms with Gasteiger partial charge in [-0.05, 0) is 6.92 Å². The molecule has 0 saturated heterocycles. The molecule has 0 bridgehead atoms. The fourth-order valence-corrected chi connectivity index (χ4v) is 0.158. The van der Waals surface area contributed by atoms with Crippen molar-refractivity contribution in [1.82, 2.24) is 0 Å². The molecule has 0 aromatic rings. The van der Waals surface area contributed by atoms with Crippen molar-refractivity contribution in [3.8, 4) is 0 Å². The molecular weight excluding hydrogens is 94.0 g/mol. The van der Waals surface area contributed by atoms with Crippen LogP contribution in [0.25, 0.3) is 0 Å². The first-order valence-electron chi connectivity index (χ1n) is 1.88. The summed E-state index contributed by atoms with van der Waals surface area (Å²) in [7, 11) is 1.29. The van der Waals surface area contributed by atoms with Gasteiger partial charge in [0.25, 0.3) is 0 Å². The van der Waals surface area contributed by atoms with Gasteiger partial charge in [-0.3, -0.25) is 0 Å². The number of carbonyl (C=O) groups excluding carboxylic acids is 1. The summed E-state index contributed by atoms with van der Waals surface area (Å²) in [6.07, 6.45) is 0.828. The van der Waals surface area contributed by atoms with Gasteiger partial charge in [-0.25, -0.2) is 4.79 Å². The lowest BCUT2D eigenvalue weighted by atomic mass is 10.9. The molecule has 0 fully saturated rings. The Labute approximate surface area is 42.0 Å². The smallest absolute Gasteiger partial charge is 0.432 e. The molecule has 0 spiro atoms. The van der Waals surface area contributed by atoms with Crippen molar-refractivity contribution in [1.29, 1.82) is 0 Å². The predicted octanol–water partition coefficient (Wildman–Crippen LogP) is 0.844. The fraction of sp³-hybridized carbons (Fsp3) is 0.500. The van der Waals surface area contributed by atoms with Gasteiger partial charge in [-0.15, -0.1) is 0 Å². The van der Waals surface area contributed by atoms with Crippen LogP contribution in [0.5, 0.6) is 0 Å². The zero-order chi connectivity index (χ0) is 5.70. The number of hydrogen-bond donors (Lipinski definition) is 0. The highest BCUT2D eigenvalue weighted by molar-refractivity contribution is 5.77. The van der Waals surface area contributed by atoms with Crippen molar-refractivity contribution in [2.75, 3.05) is 7.11 Å². The maximum absolute atomic E-state index is 9.99. The van der Waals surface area contributed by atoms with Crippen LogP contribution in [0.3, 0.4) is 0 Å². The second-order valence-corrected chi connectivity index (χ2v) is 0.857. The summed E-state index contributed by atoms with van der Waals surface area (Å²) in [5.74, 6) is 0. The molecule has 7 heavy (non-hydrogen) atoms. The second kappa shape index (κ2) is 3.33. The molecule has 0 atom stereocenters. The summed E-state index contributed by atoms with van der Waals surface area (Å²) in [5, 5.41) is 0. The summed E-state index contributed by atoms with van der Waals surface area (Å²) in [4.78, 5) is 13.2. The molecule has 3 nitrogen and oxygen atoms in total. The maximum atomic E-state index is 9.99. The Morgan fingerprint density at radius 1 is 1.86 bits per heavy atom. The van der Waals surface area contributed by atoms with Crippen molar-refractivity contribution in [2.45, 2.75) is 6.92 Å². The quantitative estimate of drug-likeness (QED) is 0.424. The normalized spacial score (nSPS) is 9.43. The predicted molar refractivity (Wildman–Crippen MR) is 26.6 cm³/mol. The Morgan fingerprint density at radius 2 is 2.43 bits per heavy atom. The molecule has 0 radical (unpaired) electrons. The van der Waals surface area contributed by atoms with E-state index in [4.69, 9.17) is 0 Å². The van der Waals surface area contributed by atoms with Gasteiger partial charge < -0.3 is 4.74 Å². The van der Waals surface area contributed by atoms with Gasteiger partial charge in [0.05, 0.1) is 7.11 Å². The van der Waals surface area contributed by atoms with Crippen LogP contribution in [0.1, 0.15) is 6.92 Å². The number of nitrogens with zero attached hydrogens (tertiary/aromatic N) is 1. The zero-order valence-corrected chi connectivity index (χ0v) is 4.34. The standard InChI is InChI=1S/C4H7NO2/c1-3-5-4(6)7-2/h3H,1-2H3. The molecule has 0 aliphatic heterocycles. The summed E-state index contributed by atoms with van der Waals surface area (Å²) in [6, 6.07) is 0. The molecule has 0 aliphatic carbocycles. The topological polar surface area (TPSA) is 38.7 Å². The van der Waals surface area contributed by atoms with E-state index in [1.165, 1.54) is 13.3 Å². The lowest BCUT2D eigenvalue weighted by molar-refractivity contribution is 0.183. The van der Waals surface area contributed by atoms with Crippen molar-refractivity contribution < 1.29 is 9.53 Å². The Hall–Kier alpha value is -0.860. The average molecular weight is 101 g/mol.